The Labute approximate surface area is 162 Å². The molecule has 0 atom stereocenters. The summed E-state index contributed by atoms with van der Waals surface area (Å²) < 4.78 is 45.3. The van der Waals surface area contributed by atoms with Crippen LogP contribution in [-0.2, 0) is 12.8 Å². The summed E-state index contributed by atoms with van der Waals surface area (Å²) in [6, 6.07) is 21.5. The van der Waals surface area contributed by atoms with Crippen molar-refractivity contribution in [1.82, 2.24) is 0 Å². The molecular weight excluding hydrogens is 367 g/mol. The van der Waals surface area contributed by atoms with Gasteiger partial charge in [0.15, 0.2) is 0 Å². The van der Waals surface area contributed by atoms with Crippen LogP contribution in [-0.4, -0.2) is 7.25 Å². The van der Waals surface area contributed by atoms with Gasteiger partial charge in [0.25, 0.3) is 0 Å². The second kappa shape index (κ2) is 8.59. The van der Waals surface area contributed by atoms with E-state index in [1.165, 1.54) is 40.9 Å². The first kappa shape index (κ1) is 20.1. The van der Waals surface area contributed by atoms with E-state index in [-0.39, 0.29) is 0 Å². The molecule has 4 rings (SSSR count). The summed E-state index contributed by atoms with van der Waals surface area (Å²) in [5, 5.41) is 0. The fraction of sp³-hybridized carbons (Fsp3) is 0.227. The van der Waals surface area contributed by atoms with Gasteiger partial charge in [-0.3, -0.25) is 0 Å². The quantitative estimate of drug-likeness (QED) is 0.253. The summed E-state index contributed by atoms with van der Waals surface area (Å²) in [4.78, 5) is 0. The summed E-state index contributed by atoms with van der Waals surface area (Å²) in [5.41, 5.74) is 6.48. The average molecular weight is 388 g/mol. The molecule has 0 aliphatic heterocycles. The number of hydrogen-bond donors (Lipinski definition) is 0. The van der Waals surface area contributed by atoms with E-state index in [1.807, 2.05) is 6.07 Å². The summed E-state index contributed by atoms with van der Waals surface area (Å²) >= 11 is 0. The molecule has 1 aliphatic carbocycles. The van der Waals surface area contributed by atoms with Gasteiger partial charge in [-0.25, -0.2) is 4.42 Å². The van der Waals surface area contributed by atoms with E-state index in [1.54, 1.807) is 0 Å². The Bertz CT molecular complexity index is 916. The number of aryl methyl sites for hydroxylation is 2. The Kier molecular flexibility index (Phi) is 6.17. The van der Waals surface area contributed by atoms with E-state index < -0.39 is 7.25 Å². The molecule has 146 valence electrons. The maximum atomic E-state index is 9.75. The minimum Gasteiger partial charge on any atom is -0.418 e. The first-order valence-electron chi connectivity index (χ1n) is 9.30. The van der Waals surface area contributed by atoms with Crippen LogP contribution in [0.25, 0.3) is 22.5 Å². The largest absolute Gasteiger partial charge is 0.673 e. The predicted octanol–water partition coefficient (Wildman–Crippen LogP) is 7.38. The maximum absolute atomic E-state index is 9.75. The molecule has 0 spiro atoms. The molecule has 0 bridgehead atoms. The lowest BCUT2D eigenvalue weighted by Crippen LogP contribution is -2.05. The van der Waals surface area contributed by atoms with Gasteiger partial charge >= 0.3 is 18.8 Å². The smallest absolute Gasteiger partial charge is 0.418 e. The third kappa shape index (κ3) is 5.44. The van der Waals surface area contributed by atoms with Gasteiger partial charge in [-0.05, 0) is 43.9 Å². The van der Waals surface area contributed by atoms with E-state index in [9.17, 15) is 17.3 Å². The van der Waals surface area contributed by atoms with Crippen LogP contribution in [0.15, 0.2) is 65.1 Å². The van der Waals surface area contributed by atoms with Gasteiger partial charge in [-0.15, -0.1) is 0 Å². The lowest BCUT2D eigenvalue weighted by molar-refractivity contribution is 0.368. The highest BCUT2D eigenvalue weighted by Gasteiger charge is 2.27. The molecule has 1 nitrogen and oxygen atoms in total. The van der Waals surface area contributed by atoms with Crippen molar-refractivity contribution in [1.29, 1.82) is 0 Å². The number of hydrogen-bond acceptors (Lipinski definition) is 0. The van der Waals surface area contributed by atoms with Gasteiger partial charge < -0.3 is 17.3 Å². The van der Waals surface area contributed by atoms with Crippen LogP contribution < -0.4 is 0 Å². The molecule has 0 amide bonds. The van der Waals surface area contributed by atoms with E-state index >= 15 is 0 Å². The van der Waals surface area contributed by atoms with Crippen LogP contribution in [0.5, 0.6) is 0 Å². The highest BCUT2D eigenvalue weighted by atomic mass is 19.5. The summed E-state index contributed by atoms with van der Waals surface area (Å²) in [5.74, 6) is 2.15. The van der Waals surface area contributed by atoms with Crippen molar-refractivity contribution in [2.45, 2.75) is 32.6 Å². The molecule has 0 fully saturated rings. The van der Waals surface area contributed by atoms with Crippen molar-refractivity contribution in [3.8, 4) is 22.5 Å². The molecule has 3 aromatic rings. The molecule has 0 saturated heterocycles. The third-order valence-electron chi connectivity index (χ3n) is 4.67. The lowest BCUT2D eigenvalue weighted by Gasteiger charge is -2.13. The van der Waals surface area contributed by atoms with E-state index in [0.717, 1.165) is 24.2 Å². The van der Waals surface area contributed by atoms with Crippen LogP contribution in [0.4, 0.5) is 17.3 Å². The number of benzene rings is 2. The fourth-order valence-corrected chi connectivity index (χ4v) is 3.39. The molecule has 0 N–H and O–H groups in total. The van der Waals surface area contributed by atoms with Crippen molar-refractivity contribution in [2.24, 2.45) is 0 Å². The Morgan fingerprint density at radius 3 is 2.04 bits per heavy atom. The number of halogens is 4. The van der Waals surface area contributed by atoms with Crippen molar-refractivity contribution in [3.63, 3.8) is 0 Å². The van der Waals surface area contributed by atoms with Gasteiger partial charge in [-0.1, -0.05) is 48.0 Å². The molecule has 1 aromatic heterocycles. The molecule has 1 aliphatic rings. The molecule has 28 heavy (non-hydrogen) atoms. The fourth-order valence-electron chi connectivity index (χ4n) is 3.39. The Morgan fingerprint density at radius 1 is 0.786 bits per heavy atom. The van der Waals surface area contributed by atoms with Gasteiger partial charge in [0.05, 0.1) is 23.6 Å². The predicted molar refractivity (Wildman–Crippen MR) is 106 cm³/mol. The van der Waals surface area contributed by atoms with Crippen molar-refractivity contribution in [3.05, 3.63) is 77.6 Å². The minimum absolute atomic E-state index is 0.974. The van der Waals surface area contributed by atoms with E-state index in [4.69, 9.17) is 4.42 Å². The highest BCUT2D eigenvalue weighted by molar-refractivity contribution is 6.50. The van der Waals surface area contributed by atoms with Crippen molar-refractivity contribution < 1.29 is 21.7 Å². The number of rotatable bonds is 2. The first-order valence-corrected chi connectivity index (χ1v) is 9.30. The zero-order valence-corrected chi connectivity index (χ0v) is 15.6. The summed E-state index contributed by atoms with van der Waals surface area (Å²) in [6.07, 6.45) is 4.65. The molecule has 1 heterocycles. The van der Waals surface area contributed by atoms with Gasteiger partial charge in [-0.2, -0.15) is 0 Å². The SMILES string of the molecule is Cc1ccc(-c2cc(-c3ccccc3)[o+]c3c2CCCC3)cc1.F[B-](F)(F)F. The maximum Gasteiger partial charge on any atom is 0.673 e. The average Bonchev–Trinajstić information content (AvgIpc) is 2.67. The minimum atomic E-state index is -6.00. The summed E-state index contributed by atoms with van der Waals surface area (Å²) in [7, 11) is -6.00. The second-order valence-electron chi connectivity index (χ2n) is 6.86. The van der Waals surface area contributed by atoms with Crippen LogP contribution in [0, 0.1) is 6.92 Å². The van der Waals surface area contributed by atoms with Crippen LogP contribution >= 0.6 is 0 Å². The van der Waals surface area contributed by atoms with Crippen LogP contribution in [0.3, 0.4) is 0 Å². The van der Waals surface area contributed by atoms with Crippen LogP contribution in [0.1, 0.15) is 29.7 Å². The molecule has 0 unspecified atom stereocenters. The molecule has 6 heteroatoms. The summed E-state index contributed by atoms with van der Waals surface area (Å²) in [6.45, 7) is 2.13. The standard InChI is InChI=1S/C22H21O.BF4/c1-16-11-13-17(14-12-16)20-15-22(18-7-3-2-4-8-18)23-21-10-6-5-9-19(20)21;2-1(3,4)5/h2-4,7-8,11-15H,5-6,9-10H2,1H3;/q+1;-1. The van der Waals surface area contributed by atoms with Crippen molar-refractivity contribution >= 4 is 7.25 Å². The molecule has 0 saturated carbocycles. The van der Waals surface area contributed by atoms with Crippen molar-refractivity contribution in [2.75, 3.05) is 0 Å². The van der Waals surface area contributed by atoms with Gasteiger partial charge in [0, 0.05) is 5.56 Å². The van der Waals surface area contributed by atoms with Crippen LogP contribution in [0.2, 0.25) is 0 Å². The Morgan fingerprint density at radius 2 is 1.39 bits per heavy atom. The topological polar surface area (TPSA) is 11.3 Å². The van der Waals surface area contributed by atoms with E-state index in [0.29, 0.717) is 0 Å². The lowest BCUT2D eigenvalue weighted by atomic mass is 9.89. The van der Waals surface area contributed by atoms with Gasteiger partial charge in [0.1, 0.15) is 0 Å². The zero-order chi connectivity index (χ0) is 20.1. The first-order chi connectivity index (χ1) is 13.3. The Balaban J connectivity index is 0.000000403. The van der Waals surface area contributed by atoms with E-state index in [2.05, 4.69) is 61.5 Å². The van der Waals surface area contributed by atoms with Gasteiger partial charge in [0.2, 0.25) is 0 Å². The zero-order valence-electron chi connectivity index (χ0n) is 15.6. The number of fused-ring (bicyclic) bond motifs is 1. The second-order valence-corrected chi connectivity index (χ2v) is 6.86. The third-order valence-corrected chi connectivity index (χ3v) is 4.67. The molecular formula is C22H21BF4O. The normalized spacial score (nSPS) is 13.3. The monoisotopic (exact) mass is 388 g/mol. The molecule has 2 aromatic carbocycles. The Hall–Kier alpha value is -2.63. The highest BCUT2D eigenvalue weighted by Crippen LogP contribution is 2.36. The molecule has 0 radical (unpaired) electrons.